The van der Waals surface area contributed by atoms with Crippen molar-refractivity contribution in [2.75, 3.05) is 13.2 Å². The molecule has 3 nitrogen and oxygen atoms in total. The van der Waals surface area contributed by atoms with Gasteiger partial charge in [-0.15, -0.1) is 0 Å². The molecule has 2 atom stereocenters. The van der Waals surface area contributed by atoms with Gasteiger partial charge in [-0.05, 0) is 31.7 Å². The zero-order valence-electron chi connectivity index (χ0n) is 15.5. The van der Waals surface area contributed by atoms with E-state index >= 15 is 0 Å². The van der Waals surface area contributed by atoms with E-state index in [2.05, 4.69) is 20.8 Å². The molecule has 0 heterocycles. The van der Waals surface area contributed by atoms with Gasteiger partial charge >= 0.3 is 0 Å². The summed E-state index contributed by atoms with van der Waals surface area (Å²) >= 11 is 0. The van der Waals surface area contributed by atoms with E-state index in [0.717, 1.165) is 25.4 Å². The molecule has 0 saturated heterocycles. The molecule has 0 aromatic carbocycles. The van der Waals surface area contributed by atoms with Gasteiger partial charge in [0.2, 0.25) is 0 Å². The summed E-state index contributed by atoms with van der Waals surface area (Å²) < 4.78 is 5.91. The van der Waals surface area contributed by atoms with Crippen LogP contribution in [0.5, 0.6) is 0 Å². The molecule has 0 radical (unpaired) electrons. The SMILES string of the molecule is CCC(OCCCCCCCCCCC(C)C)C(N)CCN. The molecule has 0 aromatic heterocycles. The summed E-state index contributed by atoms with van der Waals surface area (Å²) in [7, 11) is 0. The molecule has 0 aliphatic rings. The maximum absolute atomic E-state index is 6.07. The molecule has 3 heteroatoms. The Morgan fingerprint density at radius 2 is 1.36 bits per heavy atom. The second-order valence-electron chi connectivity index (χ2n) is 7.07. The third-order valence-electron chi connectivity index (χ3n) is 4.39. The Labute approximate surface area is 139 Å². The van der Waals surface area contributed by atoms with E-state index in [1.54, 1.807) is 0 Å². The van der Waals surface area contributed by atoms with Crippen LogP contribution in [0.1, 0.15) is 91.4 Å². The van der Waals surface area contributed by atoms with Crippen LogP contribution in [0.2, 0.25) is 0 Å². The third kappa shape index (κ3) is 13.5. The van der Waals surface area contributed by atoms with E-state index in [1.165, 1.54) is 57.8 Å². The maximum Gasteiger partial charge on any atom is 0.0723 e. The molecule has 0 bridgehead atoms. The Hall–Kier alpha value is -0.120. The average Bonchev–Trinajstić information content (AvgIpc) is 2.48. The molecule has 2 unspecified atom stereocenters. The van der Waals surface area contributed by atoms with Crippen molar-refractivity contribution in [1.82, 2.24) is 0 Å². The molecule has 0 spiro atoms. The molecule has 22 heavy (non-hydrogen) atoms. The van der Waals surface area contributed by atoms with Gasteiger partial charge in [0.25, 0.3) is 0 Å². The van der Waals surface area contributed by atoms with Crippen LogP contribution in [0.15, 0.2) is 0 Å². The van der Waals surface area contributed by atoms with Crippen LogP contribution in [-0.4, -0.2) is 25.3 Å². The first-order chi connectivity index (χ1) is 10.6. The average molecular weight is 315 g/mol. The number of unbranched alkanes of at least 4 members (excludes halogenated alkanes) is 7. The summed E-state index contributed by atoms with van der Waals surface area (Å²) in [6.07, 6.45) is 14.2. The van der Waals surface area contributed by atoms with E-state index in [4.69, 9.17) is 16.2 Å². The molecule has 4 N–H and O–H groups in total. The van der Waals surface area contributed by atoms with Crippen LogP contribution < -0.4 is 11.5 Å². The first-order valence-electron chi connectivity index (χ1n) is 9.69. The van der Waals surface area contributed by atoms with Gasteiger partial charge in [-0.3, -0.25) is 0 Å². The van der Waals surface area contributed by atoms with Crippen LogP contribution in [-0.2, 0) is 4.74 Å². The first kappa shape index (κ1) is 21.9. The first-order valence-corrected chi connectivity index (χ1v) is 9.69. The summed E-state index contributed by atoms with van der Waals surface area (Å²) in [5, 5.41) is 0. The molecule has 0 amide bonds. The van der Waals surface area contributed by atoms with Crippen LogP contribution in [0.4, 0.5) is 0 Å². The highest BCUT2D eigenvalue weighted by Crippen LogP contribution is 2.13. The fourth-order valence-corrected chi connectivity index (χ4v) is 2.87. The lowest BCUT2D eigenvalue weighted by Crippen LogP contribution is -2.38. The fourth-order valence-electron chi connectivity index (χ4n) is 2.87. The second-order valence-corrected chi connectivity index (χ2v) is 7.07. The van der Waals surface area contributed by atoms with Gasteiger partial charge in [0.1, 0.15) is 0 Å². The molecule has 0 fully saturated rings. The molecular weight excluding hydrogens is 272 g/mol. The summed E-state index contributed by atoms with van der Waals surface area (Å²) in [6, 6.07) is 0.0980. The smallest absolute Gasteiger partial charge is 0.0723 e. The zero-order chi connectivity index (χ0) is 16.6. The number of ether oxygens (including phenoxy) is 1. The van der Waals surface area contributed by atoms with Gasteiger partial charge in [0.15, 0.2) is 0 Å². The number of rotatable bonds is 16. The molecule has 134 valence electrons. The Morgan fingerprint density at radius 1 is 0.818 bits per heavy atom. The van der Waals surface area contributed by atoms with Gasteiger partial charge in [-0.25, -0.2) is 0 Å². The van der Waals surface area contributed by atoms with Gasteiger partial charge in [0.05, 0.1) is 6.10 Å². The maximum atomic E-state index is 6.07. The van der Waals surface area contributed by atoms with Crippen molar-refractivity contribution in [2.24, 2.45) is 17.4 Å². The quantitative estimate of drug-likeness (QED) is 0.408. The minimum absolute atomic E-state index is 0.0980. The van der Waals surface area contributed by atoms with E-state index in [0.29, 0.717) is 6.54 Å². The second kappa shape index (κ2) is 15.8. The number of hydrogen-bond donors (Lipinski definition) is 2. The van der Waals surface area contributed by atoms with Crippen molar-refractivity contribution in [3.8, 4) is 0 Å². The Bertz CT molecular complexity index is 221. The summed E-state index contributed by atoms with van der Waals surface area (Å²) in [5.74, 6) is 0.866. The minimum atomic E-state index is 0.0980. The standard InChI is InChI=1S/C19H42N2O/c1-4-19(18(21)14-15-20)22-16-12-10-8-6-5-7-9-11-13-17(2)3/h17-19H,4-16,20-21H2,1-3H3. The van der Waals surface area contributed by atoms with Crippen molar-refractivity contribution in [3.05, 3.63) is 0 Å². The summed E-state index contributed by atoms with van der Waals surface area (Å²) in [6.45, 7) is 8.27. The van der Waals surface area contributed by atoms with Crippen molar-refractivity contribution >= 4 is 0 Å². The van der Waals surface area contributed by atoms with E-state index in [-0.39, 0.29) is 12.1 Å². The van der Waals surface area contributed by atoms with Crippen LogP contribution >= 0.6 is 0 Å². The van der Waals surface area contributed by atoms with Crippen molar-refractivity contribution in [3.63, 3.8) is 0 Å². The predicted octanol–water partition coefficient (Wildman–Crippen LogP) is 4.62. The molecule has 0 aliphatic carbocycles. The van der Waals surface area contributed by atoms with Gasteiger partial charge < -0.3 is 16.2 Å². The Kier molecular flexibility index (Phi) is 15.7. The third-order valence-corrected chi connectivity index (χ3v) is 4.39. The highest BCUT2D eigenvalue weighted by molar-refractivity contribution is 4.72. The monoisotopic (exact) mass is 314 g/mol. The predicted molar refractivity (Wildman–Crippen MR) is 98.1 cm³/mol. The number of hydrogen-bond acceptors (Lipinski definition) is 3. The molecule has 0 aliphatic heterocycles. The van der Waals surface area contributed by atoms with E-state index in [9.17, 15) is 0 Å². The van der Waals surface area contributed by atoms with Gasteiger partial charge in [-0.1, -0.05) is 72.1 Å². The minimum Gasteiger partial charge on any atom is -0.377 e. The summed E-state index contributed by atoms with van der Waals surface area (Å²) in [5.41, 5.74) is 11.6. The lowest BCUT2D eigenvalue weighted by atomic mass is 10.0. The molecule has 0 rings (SSSR count). The normalized spacial score (nSPS) is 14.5. The number of nitrogens with two attached hydrogens (primary N) is 2. The molecule has 0 saturated carbocycles. The van der Waals surface area contributed by atoms with E-state index in [1.807, 2.05) is 0 Å². The fraction of sp³-hybridized carbons (Fsp3) is 1.00. The van der Waals surface area contributed by atoms with Crippen molar-refractivity contribution in [2.45, 2.75) is 104 Å². The lowest BCUT2D eigenvalue weighted by molar-refractivity contribution is 0.0294. The molecular formula is C19H42N2O. The lowest BCUT2D eigenvalue weighted by Gasteiger charge is -2.22. The highest BCUT2D eigenvalue weighted by Gasteiger charge is 2.15. The summed E-state index contributed by atoms with van der Waals surface area (Å²) in [4.78, 5) is 0. The topological polar surface area (TPSA) is 61.3 Å². The van der Waals surface area contributed by atoms with Gasteiger partial charge in [-0.2, -0.15) is 0 Å². The van der Waals surface area contributed by atoms with Gasteiger partial charge in [0, 0.05) is 12.6 Å². The van der Waals surface area contributed by atoms with Crippen LogP contribution in [0, 0.1) is 5.92 Å². The Morgan fingerprint density at radius 3 is 1.86 bits per heavy atom. The van der Waals surface area contributed by atoms with Crippen LogP contribution in [0.25, 0.3) is 0 Å². The van der Waals surface area contributed by atoms with Crippen molar-refractivity contribution < 1.29 is 4.74 Å². The molecule has 0 aromatic rings. The largest absolute Gasteiger partial charge is 0.377 e. The zero-order valence-corrected chi connectivity index (χ0v) is 15.5. The van der Waals surface area contributed by atoms with Crippen molar-refractivity contribution in [1.29, 1.82) is 0 Å². The van der Waals surface area contributed by atoms with E-state index < -0.39 is 0 Å². The highest BCUT2D eigenvalue weighted by atomic mass is 16.5. The van der Waals surface area contributed by atoms with Crippen LogP contribution in [0.3, 0.4) is 0 Å². The Balaban J connectivity index is 3.31.